The van der Waals surface area contributed by atoms with E-state index in [1.165, 1.54) is 0 Å². The van der Waals surface area contributed by atoms with Crippen molar-refractivity contribution in [3.8, 4) is 0 Å². The molecule has 0 unspecified atom stereocenters. The number of hydrogen-bond donors (Lipinski definition) is 0. The quantitative estimate of drug-likeness (QED) is 0.693. The summed E-state index contributed by atoms with van der Waals surface area (Å²) >= 11 is 0. The topological polar surface area (TPSA) is 38.1 Å². The molecule has 0 bridgehead atoms. The number of hydrogen-bond acceptors (Lipinski definition) is 3. The van der Waals surface area contributed by atoms with Crippen LogP contribution in [0.2, 0.25) is 0 Å². The Morgan fingerprint density at radius 1 is 1.47 bits per heavy atom. The van der Waals surface area contributed by atoms with Gasteiger partial charge in [-0.05, 0) is 18.2 Å². The highest BCUT2D eigenvalue weighted by Gasteiger charge is 2.01. The Labute approximate surface area is 88.2 Å². The van der Waals surface area contributed by atoms with E-state index in [-0.39, 0.29) is 0 Å². The van der Waals surface area contributed by atoms with Gasteiger partial charge in [-0.2, -0.15) is 0 Å². The molecule has 2 aromatic heterocycles. The molecule has 2 heterocycles. The molecule has 0 saturated heterocycles. The smallest absolute Gasteiger partial charge is 0.0740 e. The fraction of sp³-hybridized carbons (Fsp3) is 0.0833. The maximum absolute atomic E-state index is 4.46. The van der Waals surface area contributed by atoms with E-state index in [9.17, 15) is 0 Å². The normalized spacial score (nSPS) is 11.0. The van der Waals surface area contributed by atoms with E-state index in [4.69, 9.17) is 0 Å². The number of fused-ring (bicyclic) bond motifs is 1. The molecule has 0 N–H and O–H groups in total. The van der Waals surface area contributed by atoms with Gasteiger partial charge < -0.3 is 0 Å². The Balaban J connectivity index is 2.74. The van der Waals surface area contributed by atoms with E-state index in [1.54, 1.807) is 31.7 Å². The molecule has 15 heavy (non-hydrogen) atoms. The summed E-state index contributed by atoms with van der Waals surface area (Å²) in [5, 5.41) is 1.01. The van der Waals surface area contributed by atoms with Gasteiger partial charge in [0.05, 0.1) is 11.2 Å². The molecule has 2 aromatic rings. The third kappa shape index (κ3) is 1.76. The first kappa shape index (κ1) is 9.52. The summed E-state index contributed by atoms with van der Waals surface area (Å²) in [5.41, 5.74) is 2.74. The van der Waals surface area contributed by atoms with Gasteiger partial charge in [-0.3, -0.25) is 9.98 Å². The maximum Gasteiger partial charge on any atom is 0.0740 e. The molecular formula is C12H11N3. The SMILES string of the molecule is C=Cc1nc2ccncc2cc1C=NC. The predicted octanol–water partition coefficient (Wildman–Crippen LogP) is 2.32. The van der Waals surface area contributed by atoms with Crippen molar-refractivity contribution < 1.29 is 0 Å². The summed E-state index contributed by atoms with van der Waals surface area (Å²) in [6.45, 7) is 3.74. The second kappa shape index (κ2) is 4.00. The van der Waals surface area contributed by atoms with E-state index in [0.29, 0.717) is 0 Å². The number of rotatable bonds is 2. The molecule has 2 rings (SSSR count). The van der Waals surface area contributed by atoms with E-state index in [1.807, 2.05) is 12.1 Å². The van der Waals surface area contributed by atoms with E-state index >= 15 is 0 Å². The first-order valence-electron chi connectivity index (χ1n) is 4.64. The van der Waals surface area contributed by atoms with Crippen LogP contribution in [0.1, 0.15) is 11.3 Å². The maximum atomic E-state index is 4.46. The van der Waals surface area contributed by atoms with E-state index in [2.05, 4.69) is 21.5 Å². The summed E-state index contributed by atoms with van der Waals surface area (Å²) in [7, 11) is 1.74. The van der Waals surface area contributed by atoms with Crippen molar-refractivity contribution in [2.24, 2.45) is 4.99 Å². The van der Waals surface area contributed by atoms with Gasteiger partial charge in [0.15, 0.2) is 0 Å². The number of pyridine rings is 2. The van der Waals surface area contributed by atoms with Crippen LogP contribution >= 0.6 is 0 Å². The fourth-order valence-electron chi connectivity index (χ4n) is 1.45. The first-order chi connectivity index (χ1) is 7.35. The van der Waals surface area contributed by atoms with Crippen molar-refractivity contribution >= 4 is 23.2 Å². The lowest BCUT2D eigenvalue weighted by Gasteiger charge is -2.02. The molecule has 0 saturated carbocycles. The second-order valence-electron chi connectivity index (χ2n) is 3.12. The largest absolute Gasteiger partial charge is 0.296 e. The first-order valence-corrected chi connectivity index (χ1v) is 4.64. The summed E-state index contributed by atoms with van der Waals surface area (Å²) in [5.74, 6) is 0. The van der Waals surface area contributed by atoms with Crippen molar-refractivity contribution in [3.63, 3.8) is 0 Å². The molecule has 0 aliphatic carbocycles. The molecule has 0 spiro atoms. The molecule has 3 heteroatoms. The summed E-state index contributed by atoms with van der Waals surface area (Å²) < 4.78 is 0. The third-order valence-corrected chi connectivity index (χ3v) is 2.14. The van der Waals surface area contributed by atoms with Gasteiger partial charge >= 0.3 is 0 Å². The average molecular weight is 197 g/mol. The molecule has 0 fully saturated rings. The zero-order valence-electron chi connectivity index (χ0n) is 8.51. The minimum Gasteiger partial charge on any atom is -0.296 e. The van der Waals surface area contributed by atoms with Gasteiger partial charge in [0, 0.05) is 36.6 Å². The second-order valence-corrected chi connectivity index (χ2v) is 3.12. The predicted molar refractivity (Wildman–Crippen MR) is 63.1 cm³/mol. The minimum atomic E-state index is 0.847. The van der Waals surface area contributed by atoms with Crippen molar-refractivity contribution in [2.45, 2.75) is 0 Å². The van der Waals surface area contributed by atoms with Crippen LogP contribution in [0.5, 0.6) is 0 Å². The van der Waals surface area contributed by atoms with Crippen LogP contribution in [-0.2, 0) is 0 Å². The van der Waals surface area contributed by atoms with Crippen LogP contribution in [-0.4, -0.2) is 23.2 Å². The molecule has 74 valence electrons. The number of aromatic nitrogens is 2. The summed E-state index contributed by atoms with van der Waals surface area (Å²) in [6, 6.07) is 3.90. The van der Waals surface area contributed by atoms with E-state index < -0.39 is 0 Å². The zero-order chi connectivity index (χ0) is 10.7. The van der Waals surface area contributed by atoms with Gasteiger partial charge in [0.2, 0.25) is 0 Å². The van der Waals surface area contributed by atoms with Crippen molar-refractivity contribution in [3.05, 3.63) is 42.4 Å². The van der Waals surface area contributed by atoms with Gasteiger partial charge in [0.1, 0.15) is 0 Å². The molecule has 0 aromatic carbocycles. The highest BCUT2D eigenvalue weighted by atomic mass is 14.7. The lowest BCUT2D eigenvalue weighted by atomic mass is 10.1. The Kier molecular flexibility index (Phi) is 2.54. The minimum absolute atomic E-state index is 0.847. The highest BCUT2D eigenvalue weighted by Crippen LogP contribution is 2.15. The molecule has 0 amide bonds. The molecule has 0 radical (unpaired) electrons. The monoisotopic (exact) mass is 197 g/mol. The molecule has 0 aliphatic heterocycles. The van der Waals surface area contributed by atoms with Crippen LogP contribution in [0.25, 0.3) is 17.0 Å². The molecule has 3 nitrogen and oxygen atoms in total. The Bertz CT molecular complexity index is 529. The summed E-state index contributed by atoms with van der Waals surface area (Å²) in [6.07, 6.45) is 7.03. The van der Waals surface area contributed by atoms with Crippen LogP contribution in [0, 0.1) is 0 Å². The third-order valence-electron chi connectivity index (χ3n) is 2.14. The Morgan fingerprint density at radius 3 is 3.07 bits per heavy atom. The molecular weight excluding hydrogens is 186 g/mol. The van der Waals surface area contributed by atoms with Crippen molar-refractivity contribution in [1.29, 1.82) is 0 Å². The average Bonchev–Trinajstić information content (AvgIpc) is 2.28. The lowest BCUT2D eigenvalue weighted by Crippen LogP contribution is -1.92. The fourth-order valence-corrected chi connectivity index (χ4v) is 1.45. The van der Waals surface area contributed by atoms with Crippen LogP contribution < -0.4 is 0 Å². The van der Waals surface area contributed by atoms with Gasteiger partial charge in [-0.15, -0.1) is 0 Å². The van der Waals surface area contributed by atoms with Gasteiger partial charge in [0.25, 0.3) is 0 Å². The summed E-state index contributed by atoms with van der Waals surface area (Å²) in [4.78, 5) is 12.5. The van der Waals surface area contributed by atoms with Gasteiger partial charge in [-0.1, -0.05) is 6.58 Å². The van der Waals surface area contributed by atoms with Crippen LogP contribution in [0.15, 0.2) is 36.1 Å². The highest BCUT2D eigenvalue weighted by molar-refractivity contribution is 5.91. The molecule has 0 aliphatic rings. The standard InChI is InChI=1S/C12H11N3/c1-3-11-9(7-13-2)6-10-8-14-5-4-12(10)15-11/h3-8H,1H2,2H3. The Hall–Kier alpha value is -2.03. The number of nitrogens with zero attached hydrogens (tertiary/aromatic N) is 3. The number of aliphatic imine (C=N–C) groups is 1. The zero-order valence-corrected chi connectivity index (χ0v) is 8.51. The molecule has 0 atom stereocenters. The van der Waals surface area contributed by atoms with Crippen molar-refractivity contribution in [2.75, 3.05) is 7.05 Å². The van der Waals surface area contributed by atoms with Crippen LogP contribution in [0.3, 0.4) is 0 Å². The lowest BCUT2D eigenvalue weighted by molar-refractivity contribution is 1.30. The van der Waals surface area contributed by atoms with E-state index in [0.717, 1.165) is 22.2 Å². The van der Waals surface area contributed by atoms with Crippen LogP contribution in [0.4, 0.5) is 0 Å². The Morgan fingerprint density at radius 2 is 2.33 bits per heavy atom. The van der Waals surface area contributed by atoms with Gasteiger partial charge in [-0.25, -0.2) is 4.98 Å². The van der Waals surface area contributed by atoms with Crippen molar-refractivity contribution in [1.82, 2.24) is 9.97 Å².